The largest absolute Gasteiger partial charge is 0.416 e. The van der Waals surface area contributed by atoms with Crippen molar-refractivity contribution in [3.05, 3.63) is 53.6 Å². The number of amides is 2. The van der Waals surface area contributed by atoms with E-state index >= 15 is 0 Å². The third-order valence-electron chi connectivity index (χ3n) is 5.03. The molecule has 0 atom stereocenters. The first-order valence-electron chi connectivity index (χ1n) is 9.97. The lowest BCUT2D eigenvalue weighted by atomic mass is 10.1. The van der Waals surface area contributed by atoms with Crippen LogP contribution < -0.4 is 15.5 Å². The van der Waals surface area contributed by atoms with Gasteiger partial charge in [0.25, 0.3) is 5.91 Å². The molecule has 0 aromatic heterocycles. The molecule has 31 heavy (non-hydrogen) atoms. The van der Waals surface area contributed by atoms with E-state index in [-0.39, 0.29) is 18.1 Å². The third-order valence-corrected chi connectivity index (χ3v) is 5.03. The fourth-order valence-electron chi connectivity index (χ4n) is 3.42. The molecular formula is C22H25F3N4O2. The molecule has 2 amide bonds. The molecule has 0 bridgehead atoms. The van der Waals surface area contributed by atoms with E-state index in [2.05, 4.69) is 10.6 Å². The van der Waals surface area contributed by atoms with Crippen LogP contribution in [0.2, 0.25) is 0 Å². The molecule has 0 unspecified atom stereocenters. The van der Waals surface area contributed by atoms with Gasteiger partial charge in [0, 0.05) is 38.4 Å². The van der Waals surface area contributed by atoms with Crippen LogP contribution in [0.25, 0.3) is 0 Å². The summed E-state index contributed by atoms with van der Waals surface area (Å²) in [6.45, 7) is 1.34. The Morgan fingerprint density at radius 1 is 1.03 bits per heavy atom. The van der Waals surface area contributed by atoms with Gasteiger partial charge in [0.2, 0.25) is 5.91 Å². The Balaban J connectivity index is 1.68. The number of nitrogens with zero attached hydrogens (tertiary/aromatic N) is 2. The van der Waals surface area contributed by atoms with Crippen LogP contribution in [0.4, 0.5) is 30.2 Å². The molecule has 1 fully saturated rings. The van der Waals surface area contributed by atoms with Gasteiger partial charge in [0.15, 0.2) is 0 Å². The number of nitrogens with one attached hydrogen (secondary N) is 2. The van der Waals surface area contributed by atoms with Crippen molar-refractivity contribution in [3.8, 4) is 0 Å². The molecule has 6 nitrogen and oxygen atoms in total. The van der Waals surface area contributed by atoms with Crippen LogP contribution in [0.5, 0.6) is 0 Å². The van der Waals surface area contributed by atoms with Gasteiger partial charge in [0.1, 0.15) is 0 Å². The summed E-state index contributed by atoms with van der Waals surface area (Å²) in [6, 6.07) is 9.98. The number of carbonyl (C=O) groups excluding carboxylic acids is 2. The summed E-state index contributed by atoms with van der Waals surface area (Å²) in [5.74, 6) is -0.560. The molecule has 1 heterocycles. The van der Waals surface area contributed by atoms with Gasteiger partial charge in [0.05, 0.1) is 23.5 Å². The van der Waals surface area contributed by atoms with E-state index in [1.54, 1.807) is 38.4 Å². The normalized spacial score (nSPS) is 13.8. The molecule has 0 aliphatic carbocycles. The summed E-state index contributed by atoms with van der Waals surface area (Å²) in [5, 5.41) is 5.53. The number of alkyl halides is 3. The Morgan fingerprint density at radius 2 is 1.68 bits per heavy atom. The molecule has 0 saturated carbocycles. The predicted octanol–water partition coefficient (Wildman–Crippen LogP) is 4.06. The number of carbonyl (C=O) groups is 2. The fraction of sp³-hybridized carbons (Fsp3) is 0.364. The number of halogens is 3. The van der Waals surface area contributed by atoms with Gasteiger partial charge >= 0.3 is 6.18 Å². The predicted molar refractivity (Wildman–Crippen MR) is 114 cm³/mol. The van der Waals surface area contributed by atoms with Crippen LogP contribution in [0.15, 0.2) is 42.5 Å². The van der Waals surface area contributed by atoms with Crippen molar-refractivity contribution < 1.29 is 22.8 Å². The summed E-state index contributed by atoms with van der Waals surface area (Å²) in [6.07, 6.45) is -2.51. The van der Waals surface area contributed by atoms with Crippen LogP contribution in [0.1, 0.15) is 28.8 Å². The molecule has 2 N–H and O–H groups in total. The van der Waals surface area contributed by atoms with Crippen LogP contribution in [-0.4, -0.2) is 50.4 Å². The van der Waals surface area contributed by atoms with Crippen molar-refractivity contribution in [2.24, 2.45) is 0 Å². The average Bonchev–Trinajstić information content (AvgIpc) is 3.26. The second kappa shape index (κ2) is 9.28. The van der Waals surface area contributed by atoms with E-state index in [0.717, 1.165) is 38.1 Å². The summed E-state index contributed by atoms with van der Waals surface area (Å²) in [7, 11) is 3.29. The van der Waals surface area contributed by atoms with Gasteiger partial charge in [-0.1, -0.05) is 0 Å². The molecule has 2 aromatic rings. The number of hydrogen-bond donors (Lipinski definition) is 2. The van der Waals surface area contributed by atoms with Gasteiger partial charge in [-0.25, -0.2) is 0 Å². The first-order valence-corrected chi connectivity index (χ1v) is 9.97. The average molecular weight is 434 g/mol. The summed E-state index contributed by atoms with van der Waals surface area (Å²) < 4.78 is 39.5. The highest BCUT2D eigenvalue weighted by molar-refractivity contribution is 5.96. The number of anilines is 3. The Bertz CT molecular complexity index is 937. The SMILES string of the molecule is CN(C)C(=O)c1ccc(NC(=O)CNc2cc(C(F)(F)F)ccc2N2CCCC2)cc1. The number of rotatable bonds is 6. The second-order valence-electron chi connectivity index (χ2n) is 7.60. The zero-order chi connectivity index (χ0) is 22.6. The third kappa shape index (κ3) is 5.68. The second-order valence-corrected chi connectivity index (χ2v) is 7.60. The Labute approximate surface area is 179 Å². The van der Waals surface area contributed by atoms with Crippen molar-refractivity contribution in [2.45, 2.75) is 19.0 Å². The molecule has 1 saturated heterocycles. The van der Waals surface area contributed by atoms with Crippen molar-refractivity contribution in [2.75, 3.05) is 49.3 Å². The van der Waals surface area contributed by atoms with Crippen LogP contribution in [0.3, 0.4) is 0 Å². The van der Waals surface area contributed by atoms with Crippen molar-refractivity contribution >= 4 is 28.9 Å². The van der Waals surface area contributed by atoms with Gasteiger partial charge in [-0.2, -0.15) is 13.2 Å². The summed E-state index contributed by atoms with van der Waals surface area (Å²) in [4.78, 5) is 27.7. The molecule has 1 aliphatic rings. The highest BCUT2D eigenvalue weighted by Gasteiger charge is 2.31. The van der Waals surface area contributed by atoms with Gasteiger partial charge in [-0.15, -0.1) is 0 Å². The molecular weight excluding hydrogens is 409 g/mol. The number of hydrogen-bond acceptors (Lipinski definition) is 4. The van der Waals surface area contributed by atoms with Gasteiger partial charge in [-0.05, 0) is 55.3 Å². The van der Waals surface area contributed by atoms with E-state index in [0.29, 0.717) is 16.9 Å². The van der Waals surface area contributed by atoms with Crippen LogP contribution >= 0.6 is 0 Å². The van der Waals surface area contributed by atoms with Crippen molar-refractivity contribution in [1.29, 1.82) is 0 Å². The lowest BCUT2D eigenvalue weighted by Gasteiger charge is -2.23. The highest BCUT2D eigenvalue weighted by Crippen LogP contribution is 2.36. The summed E-state index contributed by atoms with van der Waals surface area (Å²) in [5.41, 5.74) is 1.15. The molecule has 2 aromatic carbocycles. The lowest BCUT2D eigenvalue weighted by molar-refractivity contribution is -0.137. The smallest absolute Gasteiger partial charge is 0.374 e. The van der Waals surface area contributed by atoms with E-state index in [1.165, 1.54) is 11.0 Å². The Morgan fingerprint density at radius 3 is 2.26 bits per heavy atom. The molecule has 3 rings (SSSR count). The topological polar surface area (TPSA) is 64.7 Å². The first-order chi connectivity index (χ1) is 14.6. The zero-order valence-electron chi connectivity index (χ0n) is 17.4. The maximum absolute atomic E-state index is 13.2. The molecule has 0 spiro atoms. The monoisotopic (exact) mass is 434 g/mol. The first kappa shape index (κ1) is 22.5. The number of benzene rings is 2. The minimum Gasteiger partial charge on any atom is -0.374 e. The Kier molecular flexibility index (Phi) is 6.72. The van der Waals surface area contributed by atoms with Gasteiger partial charge in [-0.3, -0.25) is 9.59 Å². The van der Waals surface area contributed by atoms with E-state index in [1.807, 2.05) is 4.90 Å². The Hall–Kier alpha value is -3.23. The van der Waals surface area contributed by atoms with E-state index < -0.39 is 17.6 Å². The van der Waals surface area contributed by atoms with Gasteiger partial charge < -0.3 is 20.4 Å². The zero-order valence-corrected chi connectivity index (χ0v) is 17.4. The quantitative estimate of drug-likeness (QED) is 0.720. The van der Waals surface area contributed by atoms with Crippen LogP contribution in [-0.2, 0) is 11.0 Å². The molecule has 1 aliphatic heterocycles. The standard InChI is InChI=1S/C22H25F3N4O2/c1-28(2)21(31)15-5-8-17(9-6-15)27-20(30)14-26-18-13-16(22(23,24)25)7-10-19(18)29-11-3-4-12-29/h5-10,13,26H,3-4,11-12,14H2,1-2H3,(H,27,30). The van der Waals surface area contributed by atoms with Crippen LogP contribution in [0, 0.1) is 0 Å². The fourth-order valence-corrected chi connectivity index (χ4v) is 3.42. The molecule has 9 heteroatoms. The van der Waals surface area contributed by atoms with Crippen molar-refractivity contribution in [3.63, 3.8) is 0 Å². The lowest BCUT2D eigenvalue weighted by Crippen LogP contribution is -2.25. The molecule has 166 valence electrons. The minimum atomic E-state index is -4.46. The minimum absolute atomic E-state index is 0.154. The van der Waals surface area contributed by atoms with Crippen molar-refractivity contribution in [1.82, 2.24) is 4.90 Å². The summed E-state index contributed by atoms with van der Waals surface area (Å²) >= 11 is 0. The maximum atomic E-state index is 13.2. The van der Waals surface area contributed by atoms with E-state index in [9.17, 15) is 22.8 Å². The van der Waals surface area contributed by atoms with E-state index in [4.69, 9.17) is 0 Å². The maximum Gasteiger partial charge on any atom is 0.416 e. The highest BCUT2D eigenvalue weighted by atomic mass is 19.4. The molecule has 0 radical (unpaired) electrons.